The van der Waals surface area contributed by atoms with Crippen molar-refractivity contribution < 1.29 is 9.84 Å². The zero-order valence-corrected chi connectivity index (χ0v) is 10.8. The van der Waals surface area contributed by atoms with Crippen molar-refractivity contribution >= 4 is 27.3 Å². The standard InChI is InChI=1S/C10H15BrO2S/c1-7(5-13-2)10(12)4-9-3-8(11)6-14-9/h3,6-7,10,12H,4-5H2,1-2H3. The van der Waals surface area contributed by atoms with E-state index in [2.05, 4.69) is 15.9 Å². The summed E-state index contributed by atoms with van der Waals surface area (Å²) in [6.07, 6.45) is 0.390. The molecule has 0 aliphatic carbocycles. The van der Waals surface area contributed by atoms with Crippen molar-refractivity contribution in [1.29, 1.82) is 0 Å². The molecule has 1 rings (SSSR count). The maximum absolute atomic E-state index is 9.82. The monoisotopic (exact) mass is 278 g/mol. The molecule has 1 aromatic heterocycles. The molecule has 4 heteroatoms. The molecule has 2 unspecified atom stereocenters. The first-order chi connectivity index (χ1) is 6.63. The summed E-state index contributed by atoms with van der Waals surface area (Å²) in [5.41, 5.74) is 0. The van der Waals surface area contributed by atoms with E-state index in [1.807, 2.05) is 18.4 Å². The minimum absolute atomic E-state index is 0.181. The van der Waals surface area contributed by atoms with Gasteiger partial charge in [0, 0.05) is 34.2 Å². The van der Waals surface area contributed by atoms with Gasteiger partial charge in [-0.25, -0.2) is 0 Å². The van der Waals surface area contributed by atoms with E-state index in [9.17, 15) is 5.11 Å². The van der Waals surface area contributed by atoms with Crippen LogP contribution >= 0.6 is 27.3 Å². The van der Waals surface area contributed by atoms with Gasteiger partial charge in [0.05, 0.1) is 12.7 Å². The van der Waals surface area contributed by atoms with Crippen LogP contribution in [0.15, 0.2) is 15.9 Å². The van der Waals surface area contributed by atoms with E-state index in [0.717, 1.165) is 4.47 Å². The molecule has 0 aromatic carbocycles. The molecule has 0 saturated carbocycles. The first-order valence-corrected chi connectivity index (χ1v) is 6.20. The van der Waals surface area contributed by atoms with Gasteiger partial charge in [-0.2, -0.15) is 0 Å². The summed E-state index contributed by atoms with van der Waals surface area (Å²) < 4.78 is 6.09. The molecule has 0 fully saturated rings. The molecule has 0 radical (unpaired) electrons. The van der Waals surface area contributed by atoms with Gasteiger partial charge in [-0.05, 0) is 22.0 Å². The number of rotatable bonds is 5. The van der Waals surface area contributed by atoms with Crippen LogP contribution in [0.2, 0.25) is 0 Å². The molecule has 1 heterocycles. The number of halogens is 1. The third kappa shape index (κ3) is 3.69. The van der Waals surface area contributed by atoms with E-state index >= 15 is 0 Å². The molecule has 0 amide bonds. The molecule has 0 saturated heterocycles. The van der Waals surface area contributed by atoms with E-state index in [1.165, 1.54) is 4.88 Å². The predicted molar refractivity (Wildman–Crippen MR) is 62.8 cm³/mol. The summed E-state index contributed by atoms with van der Waals surface area (Å²) in [6.45, 7) is 2.60. The van der Waals surface area contributed by atoms with Crippen molar-refractivity contribution in [3.8, 4) is 0 Å². The molecule has 0 aliphatic heterocycles. The second-order valence-electron chi connectivity index (χ2n) is 3.44. The summed E-state index contributed by atoms with van der Waals surface area (Å²) in [4.78, 5) is 1.20. The van der Waals surface area contributed by atoms with E-state index < -0.39 is 0 Å². The molecular weight excluding hydrogens is 264 g/mol. The second kappa shape index (κ2) is 5.85. The highest BCUT2D eigenvalue weighted by atomic mass is 79.9. The fourth-order valence-corrected chi connectivity index (χ4v) is 2.74. The summed E-state index contributed by atoms with van der Waals surface area (Å²) in [6, 6.07) is 2.05. The number of hydrogen-bond donors (Lipinski definition) is 1. The zero-order valence-electron chi connectivity index (χ0n) is 8.37. The highest BCUT2D eigenvalue weighted by Gasteiger charge is 2.15. The minimum Gasteiger partial charge on any atom is -0.392 e. The molecule has 2 atom stereocenters. The first-order valence-electron chi connectivity index (χ1n) is 4.53. The number of aliphatic hydroxyl groups is 1. The van der Waals surface area contributed by atoms with Crippen LogP contribution < -0.4 is 0 Å². The quantitative estimate of drug-likeness (QED) is 0.898. The highest BCUT2D eigenvalue weighted by Crippen LogP contribution is 2.22. The Hall–Kier alpha value is 0.1000. The van der Waals surface area contributed by atoms with Crippen LogP contribution in [0.1, 0.15) is 11.8 Å². The van der Waals surface area contributed by atoms with Crippen LogP contribution in [0.4, 0.5) is 0 Å². The van der Waals surface area contributed by atoms with Gasteiger partial charge in [-0.3, -0.25) is 0 Å². The summed E-state index contributed by atoms with van der Waals surface area (Å²) in [7, 11) is 1.66. The molecule has 0 bridgehead atoms. The summed E-state index contributed by atoms with van der Waals surface area (Å²) in [5, 5.41) is 11.9. The molecule has 0 spiro atoms. The van der Waals surface area contributed by atoms with Gasteiger partial charge in [0.25, 0.3) is 0 Å². The van der Waals surface area contributed by atoms with Crippen LogP contribution in [0, 0.1) is 5.92 Å². The predicted octanol–water partition coefficient (Wildman–Crippen LogP) is 2.70. The van der Waals surface area contributed by atoms with Gasteiger partial charge in [0.2, 0.25) is 0 Å². The lowest BCUT2D eigenvalue weighted by atomic mass is 10.0. The van der Waals surface area contributed by atoms with Crippen molar-refractivity contribution in [2.24, 2.45) is 5.92 Å². The molecule has 80 valence electrons. The lowest BCUT2D eigenvalue weighted by Crippen LogP contribution is -2.23. The number of thiophene rings is 1. The summed E-state index contributed by atoms with van der Waals surface area (Å²) >= 11 is 5.06. The van der Waals surface area contributed by atoms with E-state index in [4.69, 9.17) is 4.74 Å². The van der Waals surface area contributed by atoms with Gasteiger partial charge in [0.1, 0.15) is 0 Å². The van der Waals surface area contributed by atoms with Crippen LogP contribution in [-0.4, -0.2) is 24.9 Å². The Morgan fingerprint density at radius 1 is 1.64 bits per heavy atom. The van der Waals surface area contributed by atoms with E-state index in [0.29, 0.717) is 13.0 Å². The fourth-order valence-electron chi connectivity index (χ4n) is 1.24. The molecular formula is C10H15BrO2S. The second-order valence-corrected chi connectivity index (χ2v) is 5.35. The Kier molecular flexibility index (Phi) is 5.09. The van der Waals surface area contributed by atoms with Gasteiger partial charge in [0.15, 0.2) is 0 Å². The van der Waals surface area contributed by atoms with Crippen molar-refractivity contribution in [2.75, 3.05) is 13.7 Å². The van der Waals surface area contributed by atoms with Crippen molar-refractivity contribution in [1.82, 2.24) is 0 Å². The van der Waals surface area contributed by atoms with Crippen LogP contribution in [-0.2, 0) is 11.2 Å². The lowest BCUT2D eigenvalue weighted by molar-refractivity contribution is 0.0579. The summed E-state index contributed by atoms with van der Waals surface area (Å²) in [5.74, 6) is 0.181. The number of methoxy groups -OCH3 is 1. The van der Waals surface area contributed by atoms with Crippen LogP contribution in [0.5, 0.6) is 0 Å². The molecule has 2 nitrogen and oxygen atoms in total. The number of ether oxygens (including phenoxy) is 1. The van der Waals surface area contributed by atoms with Gasteiger partial charge in [-0.15, -0.1) is 11.3 Å². The van der Waals surface area contributed by atoms with Gasteiger partial charge < -0.3 is 9.84 Å². The molecule has 1 aromatic rings. The maximum atomic E-state index is 9.82. The van der Waals surface area contributed by atoms with Gasteiger partial charge in [-0.1, -0.05) is 6.92 Å². The van der Waals surface area contributed by atoms with Crippen molar-refractivity contribution in [2.45, 2.75) is 19.4 Å². The van der Waals surface area contributed by atoms with Crippen LogP contribution in [0.25, 0.3) is 0 Å². The van der Waals surface area contributed by atoms with Crippen molar-refractivity contribution in [3.63, 3.8) is 0 Å². The Bertz CT molecular complexity index is 275. The number of aliphatic hydroxyl groups excluding tert-OH is 1. The normalized spacial score (nSPS) is 15.4. The SMILES string of the molecule is COCC(C)C(O)Cc1cc(Br)cs1. The fraction of sp³-hybridized carbons (Fsp3) is 0.600. The molecule has 0 aliphatic rings. The molecule has 14 heavy (non-hydrogen) atoms. The largest absolute Gasteiger partial charge is 0.392 e. The maximum Gasteiger partial charge on any atom is 0.0635 e. The Balaban J connectivity index is 2.43. The molecule has 1 N–H and O–H groups in total. The lowest BCUT2D eigenvalue weighted by Gasteiger charge is -2.16. The average molecular weight is 279 g/mol. The van der Waals surface area contributed by atoms with E-state index in [-0.39, 0.29) is 12.0 Å². The number of hydrogen-bond acceptors (Lipinski definition) is 3. The average Bonchev–Trinajstić information content (AvgIpc) is 2.51. The smallest absolute Gasteiger partial charge is 0.0635 e. The topological polar surface area (TPSA) is 29.5 Å². The van der Waals surface area contributed by atoms with E-state index in [1.54, 1.807) is 18.4 Å². The van der Waals surface area contributed by atoms with Crippen molar-refractivity contribution in [3.05, 3.63) is 20.8 Å². The van der Waals surface area contributed by atoms with Crippen LogP contribution in [0.3, 0.4) is 0 Å². The first kappa shape index (κ1) is 12.2. The third-order valence-corrected chi connectivity index (χ3v) is 3.84. The Morgan fingerprint density at radius 2 is 2.36 bits per heavy atom. The third-order valence-electron chi connectivity index (χ3n) is 2.12. The Morgan fingerprint density at radius 3 is 2.86 bits per heavy atom. The Labute approximate surface area is 97.0 Å². The zero-order chi connectivity index (χ0) is 10.6. The van der Waals surface area contributed by atoms with Gasteiger partial charge >= 0.3 is 0 Å². The minimum atomic E-state index is -0.319. The highest BCUT2D eigenvalue weighted by molar-refractivity contribution is 9.10.